The van der Waals surface area contributed by atoms with E-state index in [-0.39, 0.29) is 11.5 Å². The number of aliphatic hydroxyl groups excluding tert-OH is 1. The third-order valence-electron chi connectivity index (χ3n) is 3.32. The minimum absolute atomic E-state index is 0.0469. The molecule has 2 aromatic rings. The third-order valence-corrected chi connectivity index (χ3v) is 3.32. The van der Waals surface area contributed by atoms with Crippen LogP contribution in [0.15, 0.2) is 42.0 Å². The van der Waals surface area contributed by atoms with Gasteiger partial charge in [-0.1, -0.05) is 43.3 Å². The highest BCUT2D eigenvalue weighted by atomic mass is 16.3. The molecule has 0 unspecified atom stereocenters. The SMILES string of the molecule is CCC1=C(O)c2cccc3cccc(c23)C1=O. The molecule has 0 saturated heterocycles. The van der Waals surface area contributed by atoms with Gasteiger partial charge in [-0.3, -0.25) is 4.79 Å². The number of benzene rings is 2. The standard InChI is InChI=1S/C15H12O2/c1-2-10-14(16)11-7-3-5-9-6-4-8-12(13(9)11)15(10)17/h3-8,16H,2H2,1H3. The molecular weight excluding hydrogens is 212 g/mol. The molecule has 1 aliphatic rings. The minimum atomic E-state index is -0.0469. The Kier molecular flexibility index (Phi) is 2.05. The summed E-state index contributed by atoms with van der Waals surface area (Å²) in [6, 6.07) is 11.4. The zero-order chi connectivity index (χ0) is 12.0. The largest absolute Gasteiger partial charge is 0.507 e. The lowest BCUT2D eigenvalue weighted by Crippen LogP contribution is -2.12. The molecule has 0 aliphatic heterocycles. The highest BCUT2D eigenvalue weighted by Gasteiger charge is 2.25. The summed E-state index contributed by atoms with van der Waals surface area (Å²) in [4.78, 5) is 12.2. The van der Waals surface area contributed by atoms with Crippen LogP contribution in [-0.4, -0.2) is 10.9 Å². The van der Waals surface area contributed by atoms with Crippen molar-refractivity contribution in [2.75, 3.05) is 0 Å². The Morgan fingerprint density at radius 3 is 2.35 bits per heavy atom. The van der Waals surface area contributed by atoms with Crippen LogP contribution in [0.3, 0.4) is 0 Å². The van der Waals surface area contributed by atoms with Crippen LogP contribution in [0.4, 0.5) is 0 Å². The molecule has 0 atom stereocenters. The van der Waals surface area contributed by atoms with Crippen molar-refractivity contribution in [2.24, 2.45) is 0 Å². The lowest BCUT2D eigenvalue weighted by molar-refractivity contribution is 0.103. The van der Waals surface area contributed by atoms with Gasteiger partial charge in [-0.05, 0) is 11.8 Å². The predicted molar refractivity (Wildman–Crippen MR) is 68.1 cm³/mol. The first-order valence-corrected chi connectivity index (χ1v) is 5.73. The number of rotatable bonds is 1. The molecule has 1 N–H and O–H groups in total. The van der Waals surface area contributed by atoms with Gasteiger partial charge < -0.3 is 5.11 Å². The molecule has 84 valence electrons. The van der Waals surface area contributed by atoms with Crippen LogP contribution in [-0.2, 0) is 0 Å². The van der Waals surface area contributed by atoms with E-state index in [4.69, 9.17) is 0 Å². The summed E-state index contributed by atoms with van der Waals surface area (Å²) in [5, 5.41) is 12.0. The number of Topliss-reactive ketones (excluding diaryl/α,β-unsaturated/α-hetero) is 1. The molecule has 0 saturated carbocycles. The highest BCUT2D eigenvalue weighted by Crippen LogP contribution is 2.35. The number of carbonyl (C=O) groups is 1. The number of hydrogen-bond acceptors (Lipinski definition) is 2. The molecule has 3 rings (SSSR count). The molecule has 0 bridgehead atoms. The quantitative estimate of drug-likeness (QED) is 0.801. The minimum Gasteiger partial charge on any atom is -0.507 e. The van der Waals surface area contributed by atoms with Gasteiger partial charge in [-0.15, -0.1) is 0 Å². The summed E-state index contributed by atoms with van der Waals surface area (Å²) in [7, 11) is 0. The Bertz CT molecular complexity index is 660. The second-order valence-corrected chi connectivity index (χ2v) is 4.22. The van der Waals surface area contributed by atoms with Crippen molar-refractivity contribution in [3.63, 3.8) is 0 Å². The molecular formula is C15H12O2. The average molecular weight is 224 g/mol. The maximum Gasteiger partial charge on any atom is 0.193 e. The van der Waals surface area contributed by atoms with Crippen molar-refractivity contribution in [2.45, 2.75) is 13.3 Å². The molecule has 1 aliphatic carbocycles. The van der Waals surface area contributed by atoms with E-state index >= 15 is 0 Å². The third kappa shape index (κ3) is 1.24. The number of carbonyl (C=O) groups excluding carboxylic acids is 1. The van der Waals surface area contributed by atoms with E-state index in [1.54, 1.807) is 0 Å². The van der Waals surface area contributed by atoms with E-state index in [2.05, 4.69) is 0 Å². The summed E-state index contributed by atoms with van der Waals surface area (Å²) < 4.78 is 0. The summed E-state index contributed by atoms with van der Waals surface area (Å²) >= 11 is 0. The number of ketones is 1. The first-order valence-electron chi connectivity index (χ1n) is 5.73. The lowest BCUT2D eigenvalue weighted by atomic mass is 9.86. The lowest BCUT2D eigenvalue weighted by Gasteiger charge is -2.18. The van der Waals surface area contributed by atoms with Crippen LogP contribution in [0.25, 0.3) is 16.5 Å². The first-order chi connectivity index (χ1) is 8.24. The molecule has 0 heterocycles. The molecule has 2 aromatic carbocycles. The Morgan fingerprint density at radius 2 is 1.71 bits per heavy atom. The summed E-state index contributed by atoms with van der Waals surface area (Å²) in [5.74, 6) is 0.0936. The van der Waals surface area contributed by atoms with Crippen LogP contribution in [0.1, 0.15) is 29.3 Å². The van der Waals surface area contributed by atoms with Crippen LogP contribution in [0, 0.1) is 0 Å². The van der Waals surface area contributed by atoms with Gasteiger partial charge in [0.15, 0.2) is 5.78 Å². The fourth-order valence-electron chi connectivity index (χ4n) is 2.49. The monoisotopic (exact) mass is 224 g/mol. The van der Waals surface area contributed by atoms with Gasteiger partial charge in [-0.25, -0.2) is 0 Å². The van der Waals surface area contributed by atoms with Gasteiger partial charge in [0, 0.05) is 22.1 Å². The second kappa shape index (κ2) is 3.45. The van der Waals surface area contributed by atoms with Crippen molar-refractivity contribution < 1.29 is 9.90 Å². The zero-order valence-electron chi connectivity index (χ0n) is 9.53. The van der Waals surface area contributed by atoms with E-state index in [0.717, 1.165) is 16.3 Å². The van der Waals surface area contributed by atoms with Gasteiger partial charge in [0.2, 0.25) is 0 Å². The van der Waals surface area contributed by atoms with Gasteiger partial charge in [0.25, 0.3) is 0 Å². The van der Waals surface area contributed by atoms with Gasteiger partial charge in [0.05, 0.1) is 0 Å². The van der Waals surface area contributed by atoms with Crippen molar-refractivity contribution in [1.29, 1.82) is 0 Å². The maximum absolute atomic E-state index is 12.2. The summed E-state index contributed by atoms with van der Waals surface area (Å²) in [6.07, 6.45) is 0.551. The first kappa shape index (κ1) is 10.1. The molecule has 0 aromatic heterocycles. The zero-order valence-corrected chi connectivity index (χ0v) is 9.53. The smallest absolute Gasteiger partial charge is 0.193 e. The number of aliphatic hydroxyl groups is 1. The second-order valence-electron chi connectivity index (χ2n) is 4.22. The van der Waals surface area contributed by atoms with Gasteiger partial charge in [-0.2, -0.15) is 0 Å². The summed E-state index contributed by atoms with van der Waals surface area (Å²) in [5.41, 5.74) is 1.98. The molecule has 17 heavy (non-hydrogen) atoms. The summed E-state index contributed by atoms with van der Waals surface area (Å²) in [6.45, 7) is 1.89. The molecule has 0 radical (unpaired) electrons. The Morgan fingerprint density at radius 1 is 1.06 bits per heavy atom. The molecule has 2 nitrogen and oxygen atoms in total. The topological polar surface area (TPSA) is 37.3 Å². The molecule has 0 amide bonds. The number of allylic oxidation sites excluding steroid dienone is 1. The molecule has 0 fully saturated rings. The van der Waals surface area contributed by atoms with Crippen LogP contribution >= 0.6 is 0 Å². The number of hydrogen-bond donors (Lipinski definition) is 1. The predicted octanol–water partition coefficient (Wildman–Crippen LogP) is 3.72. The van der Waals surface area contributed by atoms with Crippen molar-refractivity contribution in [3.05, 3.63) is 53.1 Å². The van der Waals surface area contributed by atoms with Gasteiger partial charge >= 0.3 is 0 Å². The Balaban J connectivity index is 2.50. The van der Waals surface area contributed by atoms with Crippen LogP contribution in [0.5, 0.6) is 0 Å². The normalized spacial score (nSPS) is 14.5. The fraction of sp³-hybridized carbons (Fsp3) is 0.133. The van der Waals surface area contributed by atoms with Crippen molar-refractivity contribution >= 4 is 22.3 Å². The van der Waals surface area contributed by atoms with Gasteiger partial charge in [0.1, 0.15) is 5.76 Å². The van der Waals surface area contributed by atoms with Crippen LogP contribution < -0.4 is 0 Å². The van der Waals surface area contributed by atoms with E-state index < -0.39 is 0 Å². The van der Waals surface area contributed by atoms with E-state index in [1.807, 2.05) is 43.3 Å². The maximum atomic E-state index is 12.2. The van der Waals surface area contributed by atoms with Crippen molar-refractivity contribution in [3.8, 4) is 0 Å². The highest BCUT2D eigenvalue weighted by molar-refractivity contribution is 6.23. The van der Waals surface area contributed by atoms with E-state index in [0.29, 0.717) is 17.6 Å². The van der Waals surface area contributed by atoms with Crippen molar-refractivity contribution in [1.82, 2.24) is 0 Å². The fourth-order valence-corrected chi connectivity index (χ4v) is 2.49. The molecule has 0 spiro atoms. The van der Waals surface area contributed by atoms with E-state index in [1.165, 1.54) is 0 Å². The Hall–Kier alpha value is -2.09. The van der Waals surface area contributed by atoms with E-state index in [9.17, 15) is 9.90 Å². The Labute approximate surface area is 99.2 Å². The molecule has 2 heteroatoms. The average Bonchev–Trinajstić information content (AvgIpc) is 2.36. The van der Waals surface area contributed by atoms with Crippen LogP contribution in [0.2, 0.25) is 0 Å².